The SMILES string of the molecule is C1=CC2C=CC(c3ccc4c(c3)sc3ccc5nc(-n6c7ccccc7c7c8c(ccc76)oc6ccccc68)oc5c34)=CC2C=C1. The minimum atomic E-state index is 0.416. The van der Waals surface area contributed by atoms with E-state index in [0.717, 1.165) is 60.2 Å². The second-order valence-electron chi connectivity index (χ2n) is 12.3. The smallest absolute Gasteiger partial charge is 0.307 e. The molecular formula is C41H24N2O2S. The third-order valence-electron chi connectivity index (χ3n) is 9.77. The molecule has 0 N–H and O–H groups in total. The van der Waals surface area contributed by atoms with Crippen molar-refractivity contribution >= 4 is 91.9 Å². The highest BCUT2D eigenvalue weighted by Crippen LogP contribution is 2.44. The van der Waals surface area contributed by atoms with Gasteiger partial charge in [0.2, 0.25) is 0 Å². The summed E-state index contributed by atoms with van der Waals surface area (Å²) in [6.45, 7) is 0. The number of hydrogen-bond donors (Lipinski definition) is 0. The standard InChI is InChI=1S/C41H24N2O2S/c1-2-8-24-21-25(14-13-23(24)7-1)26-15-16-29-36(22-26)46-35-20-17-30-40(39(29)35)45-41(42-30)43-31-11-5-3-9-27(31)37-32(43)18-19-34-38(37)28-10-4-6-12-33(28)44-34/h1-24H. The number of nitrogens with zero attached hydrogens (tertiary/aromatic N) is 2. The van der Waals surface area contributed by atoms with Crippen LogP contribution in [0.15, 0.2) is 142 Å². The highest BCUT2D eigenvalue weighted by molar-refractivity contribution is 7.26. The molecule has 2 aliphatic rings. The van der Waals surface area contributed by atoms with Crippen molar-refractivity contribution in [2.75, 3.05) is 0 Å². The van der Waals surface area contributed by atoms with Crippen molar-refractivity contribution in [2.24, 2.45) is 11.8 Å². The van der Waals surface area contributed by atoms with E-state index < -0.39 is 0 Å². The predicted octanol–water partition coefficient (Wildman–Crippen LogP) is 11.5. The molecule has 2 aliphatic carbocycles. The Kier molecular flexibility index (Phi) is 4.80. The average Bonchev–Trinajstić information content (AvgIpc) is 3.86. The normalized spacial score (nSPS) is 17.9. The molecule has 0 amide bonds. The van der Waals surface area contributed by atoms with E-state index in [-0.39, 0.29) is 0 Å². The highest BCUT2D eigenvalue weighted by Gasteiger charge is 2.23. The molecule has 5 heteroatoms. The first-order valence-electron chi connectivity index (χ1n) is 15.6. The molecule has 5 aromatic carbocycles. The van der Waals surface area contributed by atoms with E-state index in [1.54, 1.807) is 0 Å². The zero-order valence-corrected chi connectivity index (χ0v) is 25.3. The van der Waals surface area contributed by atoms with Crippen LogP contribution < -0.4 is 0 Å². The van der Waals surface area contributed by atoms with Gasteiger partial charge in [-0.1, -0.05) is 91.1 Å². The van der Waals surface area contributed by atoms with Gasteiger partial charge >= 0.3 is 6.01 Å². The lowest BCUT2D eigenvalue weighted by atomic mass is 9.81. The molecule has 9 aromatic rings. The molecule has 0 radical (unpaired) electrons. The minimum Gasteiger partial charge on any atom is -0.456 e. The van der Waals surface area contributed by atoms with Gasteiger partial charge in [-0.15, -0.1) is 11.3 Å². The Morgan fingerprint density at radius 2 is 1.50 bits per heavy atom. The number of hydrogen-bond acceptors (Lipinski definition) is 4. The quantitative estimate of drug-likeness (QED) is 0.196. The minimum absolute atomic E-state index is 0.416. The van der Waals surface area contributed by atoms with Gasteiger partial charge in [-0.3, -0.25) is 4.57 Å². The fraction of sp³-hybridized carbons (Fsp3) is 0.0488. The van der Waals surface area contributed by atoms with E-state index in [9.17, 15) is 0 Å². The van der Waals surface area contributed by atoms with Crippen molar-refractivity contribution in [1.29, 1.82) is 0 Å². The third-order valence-corrected chi connectivity index (χ3v) is 10.9. The summed E-state index contributed by atoms with van der Waals surface area (Å²) in [5.41, 5.74) is 8.07. The fourth-order valence-corrected chi connectivity index (χ4v) is 8.80. The van der Waals surface area contributed by atoms with Gasteiger partial charge in [0.1, 0.15) is 16.7 Å². The molecule has 4 aromatic heterocycles. The van der Waals surface area contributed by atoms with Gasteiger partial charge in [0.15, 0.2) is 5.58 Å². The molecule has 0 aliphatic heterocycles. The largest absolute Gasteiger partial charge is 0.456 e. The van der Waals surface area contributed by atoms with Gasteiger partial charge in [-0.25, -0.2) is 0 Å². The van der Waals surface area contributed by atoms with E-state index in [1.807, 2.05) is 23.5 Å². The van der Waals surface area contributed by atoms with Gasteiger partial charge in [0.25, 0.3) is 0 Å². The van der Waals surface area contributed by atoms with Gasteiger partial charge in [0.05, 0.1) is 11.0 Å². The first-order chi connectivity index (χ1) is 22.8. The maximum absolute atomic E-state index is 6.79. The van der Waals surface area contributed by atoms with Gasteiger partial charge in [0, 0.05) is 53.6 Å². The van der Waals surface area contributed by atoms with E-state index >= 15 is 0 Å². The van der Waals surface area contributed by atoms with Crippen LogP contribution in [0.4, 0.5) is 0 Å². The zero-order chi connectivity index (χ0) is 29.9. The van der Waals surface area contributed by atoms with Crippen molar-refractivity contribution in [2.45, 2.75) is 0 Å². The average molecular weight is 609 g/mol. The number of thiophene rings is 1. The van der Waals surface area contributed by atoms with E-state index in [0.29, 0.717) is 17.9 Å². The topological polar surface area (TPSA) is 44.1 Å². The molecule has 0 fully saturated rings. The third kappa shape index (κ3) is 3.30. The lowest BCUT2D eigenvalue weighted by molar-refractivity contribution is 0.577. The zero-order valence-electron chi connectivity index (χ0n) is 24.5. The lowest BCUT2D eigenvalue weighted by Crippen LogP contribution is -2.11. The maximum Gasteiger partial charge on any atom is 0.307 e. The number of aromatic nitrogens is 2. The second kappa shape index (κ2) is 8.96. The van der Waals surface area contributed by atoms with Crippen molar-refractivity contribution in [1.82, 2.24) is 9.55 Å². The van der Waals surface area contributed by atoms with Gasteiger partial charge < -0.3 is 8.83 Å². The molecule has 2 unspecified atom stereocenters. The van der Waals surface area contributed by atoms with Crippen LogP contribution in [-0.2, 0) is 0 Å². The van der Waals surface area contributed by atoms with E-state index in [1.165, 1.54) is 25.9 Å². The summed E-state index contributed by atoms with van der Waals surface area (Å²) in [5.74, 6) is 0.870. The first kappa shape index (κ1) is 24.6. The summed E-state index contributed by atoms with van der Waals surface area (Å²) in [5, 5.41) is 6.85. The molecule has 4 heterocycles. The molecule has 0 bridgehead atoms. The number of allylic oxidation sites excluding steroid dienone is 8. The molecule has 0 saturated carbocycles. The van der Waals surface area contributed by atoms with Crippen molar-refractivity contribution in [3.63, 3.8) is 0 Å². The number of para-hydroxylation sites is 2. The van der Waals surface area contributed by atoms with Crippen LogP contribution in [0.5, 0.6) is 0 Å². The summed E-state index contributed by atoms with van der Waals surface area (Å²) in [7, 11) is 0. The molecule has 0 spiro atoms. The van der Waals surface area contributed by atoms with Crippen LogP contribution in [0, 0.1) is 11.8 Å². The second-order valence-corrected chi connectivity index (χ2v) is 13.4. The number of rotatable bonds is 2. The Bertz CT molecular complexity index is 2890. The molecule has 4 nitrogen and oxygen atoms in total. The van der Waals surface area contributed by atoms with E-state index in [4.69, 9.17) is 13.8 Å². The maximum atomic E-state index is 6.79. The summed E-state index contributed by atoms with van der Waals surface area (Å²) in [6.07, 6.45) is 15.9. The van der Waals surface area contributed by atoms with Crippen molar-refractivity contribution in [3.05, 3.63) is 139 Å². The van der Waals surface area contributed by atoms with Crippen LogP contribution in [0.2, 0.25) is 0 Å². The van der Waals surface area contributed by atoms with Crippen LogP contribution in [0.1, 0.15) is 5.56 Å². The Balaban J connectivity index is 1.12. The van der Waals surface area contributed by atoms with Crippen LogP contribution in [0.3, 0.4) is 0 Å². The fourth-order valence-electron chi connectivity index (χ4n) is 7.66. The summed E-state index contributed by atoms with van der Waals surface area (Å²) >= 11 is 1.81. The summed E-state index contributed by atoms with van der Waals surface area (Å²) in [4.78, 5) is 5.10. The van der Waals surface area contributed by atoms with Gasteiger partial charge in [-0.05, 0) is 53.6 Å². The first-order valence-corrected chi connectivity index (χ1v) is 16.5. The van der Waals surface area contributed by atoms with E-state index in [2.05, 4.69) is 126 Å². The number of furan rings is 1. The summed E-state index contributed by atoms with van der Waals surface area (Å²) < 4.78 is 17.7. The Hall–Kier alpha value is -5.65. The van der Waals surface area contributed by atoms with Crippen molar-refractivity contribution in [3.8, 4) is 6.01 Å². The van der Waals surface area contributed by atoms with Crippen LogP contribution in [0.25, 0.3) is 86.6 Å². The molecule has 11 rings (SSSR count). The number of benzene rings is 5. The molecule has 216 valence electrons. The monoisotopic (exact) mass is 608 g/mol. The van der Waals surface area contributed by atoms with Crippen LogP contribution >= 0.6 is 11.3 Å². The highest BCUT2D eigenvalue weighted by atomic mass is 32.1. The van der Waals surface area contributed by atoms with Crippen LogP contribution in [-0.4, -0.2) is 9.55 Å². The molecular weight excluding hydrogens is 585 g/mol. The molecule has 0 saturated heterocycles. The number of oxazole rings is 1. The van der Waals surface area contributed by atoms with Gasteiger partial charge in [-0.2, -0.15) is 4.98 Å². The Labute approximate surface area is 266 Å². The molecule has 2 atom stereocenters. The summed E-state index contributed by atoms with van der Waals surface area (Å²) in [6, 6.07) is 32.6. The van der Waals surface area contributed by atoms with Crippen molar-refractivity contribution < 1.29 is 8.83 Å². The lowest BCUT2D eigenvalue weighted by Gasteiger charge is -2.23. The Morgan fingerprint density at radius 3 is 2.46 bits per heavy atom. The predicted molar refractivity (Wildman–Crippen MR) is 191 cm³/mol. The Morgan fingerprint density at radius 1 is 0.630 bits per heavy atom. The molecule has 46 heavy (non-hydrogen) atoms. The number of fused-ring (bicyclic) bond motifs is 13.